The number of rotatable bonds is 2. The number of benzene rings is 3. The maximum absolute atomic E-state index is 4.22. The fourth-order valence-electron chi connectivity index (χ4n) is 5.28. The van der Waals surface area contributed by atoms with E-state index in [-0.39, 0.29) is 20.1 Å². The molecular weight excluding hydrogens is 621 g/mol. The number of hydrogen-bond donors (Lipinski definition) is 0. The third-order valence-corrected chi connectivity index (χ3v) is 7.03. The van der Waals surface area contributed by atoms with Crippen LogP contribution in [0.3, 0.4) is 0 Å². The molecule has 1 aliphatic heterocycles. The average Bonchev–Trinajstić information content (AvgIpc) is 3.34. The van der Waals surface area contributed by atoms with Crippen LogP contribution in [-0.4, -0.2) is 16.6 Å². The molecule has 3 heterocycles. The standard InChI is InChI=1S/C20H20N3.C11H8N.Ir/c1-21-16-10-5-6-11-17(16)23-14-22(15-8-3-2-4-9-15)19-13-7-12-18(21)20(19)23;1-2-6-10(7-3-1)11-8-4-5-9-12-11;/h5-7,10,12-13,15H,2-4,8-9H2,1H3;1-6,8-9H;/q2*-1;+3. The van der Waals surface area contributed by atoms with Gasteiger partial charge >= 0.3 is 20.1 Å². The molecule has 0 atom stereocenters. The van der Waals surface area contributed by atoms with Crippen molar-refractivity contribution in [1.82, 2.24) is 9.55 Å². The molecular formula is C31H28IrN4+. The van der Waals surface area contributed by atoms with E-state index in [1.165, 1.54) is 54.5 Å². The van der Waals surface area contributed by atoms with E-state index in [1.54, 1.807) is 6.20 Å². The number of aromatic nitrogens is 3. The van der Waals surface area contributed by atoms with Gasteiger partial charge in [-0.3, -0.25) is 0 Å². The van der Waals surface area contributed by atoms with Crippen LogP contribution in [0, 0.1) is 18.5 Å². The molecule has 0 spiro atoms. The van der Waals surface area contributed by atoms with Crippen molar-refractivity contribution in [3.63, 3.8) is 0 Å². The normalized spacial score (nSPS) is 14.4. The van der Waals surface area contributed by atoms with Crippen molar-refractivity contribution in [2.24, 2.45) is 0 Å². The van der Waals surface area contributed by atoms with Crippen molar-refractivity contribution >= 4 is 22.4 Å². The Morgan fingerprint density at radius 3 is 2.42 bits per heavy atom. The second kappa shape index (κ2) is 10.8. The Hall–Kier alpha value is -3.27. The second-order valence-electron chi connectivity index (χ2n) is 9.20. The first-order valence-corrected chi connectivity index (χ1v) is 12.4. The van der Waals surface area contributed by atoms with Crippen LogP contribution >= 0.6 is 0 Å². The molecule has 1 fully saturated rings. The minimum absolute atomic E-state index is 0. The predicted octanol–water partition coefficient (Wildman–Crippen LogP) is 6.65. The van der Waals surface area contributed by atoms with Crippen LogP contribution < -0.4 is 9.47 Å². The zero-order valence-electron chi connectivity index (χ0n) is 20.3. The molecule has 0 radical (unpaired) electrons. The van der Waals surface area contributed by atoms with Gasteiger partial charge in [0.2, 0.25) is 6.33 Å². The van der Waals surface area contributed by atoms with Gasteiger partial charge in [0.25, 0.3) is 0 Å². The molecule has 180 valence electrons. The quantitative estimate of drug-likeness (QED) is 0.158. The first kappa shape index (κ1) is 24.4. The summed E-state index contributed by atoms with van der Waals surface area (Å²) in [7, 11) is 2.14. The maximum Gasteiger partial charge on any atom is 3.00 e. The molecule has 3 aromatic carbocycles. The molecule has 0 N–H and O–H groups in total. The molecule has 7 rings (SSSR count). The van der Waals surface area contributed by atoms with Crippen molar-refractivity contribution in [2.75, 3.05) is 11.9 Å². The van der Waals surface area contributed by atoms with Crippen molar-refractivity contribution in [3.05, 3.63) is 104 Å². The molecule has 4 nitrogen and oxygen atoms in total. The maximum atomic E-state index is 4.22. The Labute approximate surface area is 226 Å². The van der Waals surface area contributed by atoms with Crippen molar-refractivity contribution < 1.29 is 24.7 Å². The van der Waals surface area contributed by atoms with Gasteiger partial charge in [-0.2, -0.15) is 24.3 Å². The zero-order valence-corrected chi connectivity index (χ0v) is 22.7. The number of imidazole rings is 1. The van der Waals surface area contributed by atoms with E-state index in [9.17, 15) is 0 Å². The Kier molecular flexibility index (Phi) is 7.31. The third-order valence-electron chi connectivity index (χ3n) is 7.03. The van der Waals surface area contributed by atoms with E-state index in [2.05, 4.69) is 74.9 Å². The van der Waals surface area contributed by atoms with Gasteiger partial charge in [-0.05, 0) is 56.2 Å². The van der Waals surface area contributed by atoms with E-state index in [0.29, 0.717) is 6.04 Å². The minimum Gasteiger partial charge on any atom is -0.407 e. The number of nitrogens with zero attached hydrogens (tertiary/aromatic N) is 4. The van der Waals surface area contributed by atoms with Crippen LogP contribution in [0.15, 0.2) is 85.1 Å². The van der Waals surface area contributed by atoms with E-state index in [0.717, 1.165) is 16.9 Å². The van der Waals surface area contributed by atoms with Gasteiger partial charge in [0, 0.05) is 11.9 Å². The Bertz CT molecular complexity index is 1400. The molecule has 1 aliphatic carbocycles. The van der Waals surface area contributed by atoms with Gasteiger partial charge in [-0.25, -0.2) is 0 Å². The molecule has 5 aromatic rings. The molecule has 0 bridgehead atoms. The van der Waals surface area contributed by atoms with Crippen LogP contribution in [0.5, 0.6) is 0 Å². The predicted molar refractivity (Wildman–Crippen MR) is 140 cm³/mol. The van der Waals surface area contributed by atoms with Gasteiger partial charge < -0.3 is 19.0 Å². The van der Waals surface area contributed by atoms with Crippen molar-refractivity contribution in [2.45, 2.75) is 38.1 Å². The summed E-state index contributed by atoms with van der Waals surface area (Å²) in [6, 6.07) is 33.6. The summed E-state index contributed by atoms with van der Waals surface area (Å²) in [5.41, 5.74) is 8.11. The number of pyridine rings is 1. The minimum atomic E-state index is 0. The Balaban J connectivity index is 0.000000175. The number of fused-ring (bicyclic) bond motifs is 2. The van der Waals surface area contributed by atoms with E-state index >= 15 is 0 Å². The van der Waals surface area contributed by atoms with Crippen LogP contribution in [0.25, 0.3) is 28.0 Å². The fourth-order valence-corrected chi connectivity index (χ4v) is 5.28. The summed E-state index contributed by atoms with van der Waals surface area (Å²) >= 11 is 0. The van der Waals surface area contributed by atoms with E-state index in [4.69, 9.17) is 0 Å². The summed E-state index contributed by atoms with van der Waals surface area (Å²) < 4.78 is 4.61. The summed E-state index contributed by atoms with van der Waals surface area (Å²) in [5, 5.41) is 0. The van der Waals surface area contributed by atoms with Gasteiger partial charge in [0.15, 0.2) is 0 Å². The second-order valence-corrected chi connectivity index (χ2v) is 9.20. The van der Waals surface area contributed by atoms with Crippen LogP contribution in [0.4, 0.5) is 11.4 Å². The molecule has 2 aliphatic rings. The number of anilines is 2. The molecule has 5 heteroatoms. The number of para-hydroxylation sites is 2. The van der Waals surface area contributed by atoms with E-state index < -0.39 is 0 Å². The Morgan fingerprint density at radius 2 is 1.64 bits per heavy atom. The first-order chi connectivity index (χ1) is 17.3. The SMILES string of the molecule is CN1c2ccc[c-]c2-[n+]2[c-]n(C3CCCCC3)c3cccc1c32.[Ir+3].[c-]1ccccc1-c1ccccn1. The molecule has 36 heavy (non-hydrogen) atoms. The molecule has 0 amide bonds. The van der Waals surface area contributed by atoms with Gasteiger partial charge in [-0.15, -0.1) is 35.9 Å². The van der Waals surface area contributed by atoms with E-state index in [1.807, 2.05) is 48.5 Å². The van der Waals surface area contributed by atoms with Gasteiger partial charge in [0.05, 0.1) is 17.1 Å². The smallest absolute Gasteiger partial charge is 0.407 e. The summed E-state index contributed by atoms with van der Waals surface area (Å²) in [6.07, 6.45) is 12.0. The Morgan fingerprint density at radius 1 is 0.833 bits per heavy atom. The molecule has 0 saturated heterocycles. The summed E-state index contributed by atoms with van der Waals surface area (Å²) in [5.74, 6) is 0. The average molecular weight is 649 g/mol. The van der Waals surface area contributed by atoms with Crippen LogP contribution in [0.1, 0.15) is 38.1 Å². The van der Waals surface area contributed by atoms with Gasteiger partial charge in [0.1, 0.15) is 0 Å². The van der Waals surface area contributed by atoms with Crippen molar-refractivity contribution in [1.29, 1.82) is 0 Å². The summed E-state index contributed by atoms with van der Waals surface area (Å²) in [4.78, 5) is 6.49. The fraction of sp³-hybridized carbons (Fsp3) is 0.226. The topological polar surface area (TPSA) is 24.9 Å². The van der Waals surface area contributed by atoms with Crippen LogP contribution in [-0.2, 0) is 20.1 Å². The van der Waals surface area contributed by atoms with Crippen LogP contribution in [0.2, 0.25) is 0 Å². The van der Waals surface area contributed by atoms with Crippen molar-refractivity contribution in [3.8, 4) is 16.9 Å². The third kappa shape index (κ3) is 4.50. The monoisotopic (exact) mass is 649 g/mol. The zero-order chi connectivity index (χ0) is 23.6. The van der Waals surface area contributed by atoms with Gasteiger partial charge in [-0.1, -0.05) is 36.4 Å². The number of hydrogen-bond acceptors (Lipinski definition) is 2. The largest absolute Gasteiger partial charge is 3.00 e. The molecule has 2 aromatic heterocycles. The first-order valence-electron chi connectivity index (χ1n) is 12.4. The molecule has 0 unspecified atom stereocenters. The summed E-state index contributed by atoms with van der Waals surface area (Å²) in [6.45, 7) is 0. The molecule has 1 saturated carbocycles.